The zero-order chi connectivity index (χ0) is 12.6. The summed E-state index contributed by atoms with van der Waals surface area (Å²) in [5.74, 6) is 1.53. The number of aryl methyl sites for hydroxylation is 1. The van der Waals surface area contributed by atoms with Crippen LogP contribution in [-0.4, -0.2) is 20.8 Å². The summed E-state index contributed by atoms with van der Waals surface area (Å²) in [4.78, 5) is 0. The summed E-state index contributed by atoms with van der Waals surface area (Å²) in [5, 5.41) is 0. The third-order valence-corrected chi connectivity index (χ3v) is 2.26. The van der Waals surface area contributed by atoms with Crippen molar-refractivity contribution in [3.05, 3.63) is 23.3 Å². The van der Waals surface area contributed by atoms with Crippen molar-refractivity contribution in [1.29, 1.82) is 0 Å². The van der Waals surface area contributed by atoms with Crippen molar-refractivity contribution in [2.75, 3.05) is 20.8 Å². The number of hydrogen-bond acceptors (Lipinski definition) is 3. The van der Waals surface area contributed by atoms with E-state index in [-0.39, 0.29) is 0 Å². The average Bonchev–Trinajstić information content (AvgIpc) is 2.34. The molecule has 2 N–H and O–H groups in total. The monoisotopic (exact) mass is 225 g/mol. The molecule has 0 aliphatic heterocycles. The molecule has 0 spiro atoms. The van der Waals surface area contributed by atoms with Gasteiger partial charge in [0.15, 0.2) is 11.5 Å². The van der Waals surface area contributed by atoms with E-state index in [0.29, 0.717) is 6.54 Å². The molecular weight excluding hydrogens is 202 g/mol. The van der Waals surface area contributed by atoms with Gasteiger partial charge in [0.25, 0.3) is 0 Å². The van der Waals surface area contributed by atoms with Crippen LogP contribution in [0, 0.1) is 6.92 Å². The normalized spacial score (nSPS) is 9.12. The van der Waals surface area contributed by atoms with E-state index in [1.807, 2.05) is 32.9 Å². The molecule has 0 saturated heterocycles. The van der Waals surface area contributed by atoms with Gasteiger partial charge in [-0.15, -0.1) is 0 Å². The van der Waals surface area contributed by atoms with Crippen molar-refractivity contribution >= 4 is 0 Å². The van der Waals surface area contributed by atoms with Gasteiger partial charge in [-0.2, -0.15) is 0 Å². The second-order valence-electron chi connectivity index (χ2n) is 3.17. The first-order valence-corrected chi connectivity index (χ1v) is 5.64. The zero-order valence-corrected chi connectivity index (χ0v) is 11.0. The Morgan fingerprint density at radius 2 is 1.56 bits per heavy atom. The molecule has 3 nitrogen and oxygen atoms in total. The second kappa shape index (κ2) is 7.99. The van der Waals surface area contributed by atoms with Crippen LogP contribution in [0.25, 0.3) is 0 Å². The molecule has 0 atom stereocenters. The van der Waals surface area contributed by atoms with Crippen molar-refractivity contribution < 1.29 is 9.47 Å². The van der Waals surface area contributed by atoms with E-state index in [1.165, 1.54) is 11.1 Å². The molecule has 0 fully saturated rings. The zero-order valence-electron chi connectivity index (χ0n) is 11.0. The molecule has 0 heterocycles. The quantitative estimate of drug-likeness (QED) is 0.856. The first-order chi connectivity index (χ1) is 7.72. The summed E-state index contributed by atoms with van der Waals surface area (Å²) in [5.41, 5.74) is 7.92. The van der Waals surface area contributed by atoms with Gasteiger partial charge >= 0.3 is 0 Å². The highest BCUT2D eigenvalue weighted by Gasteiger charge is 2.07. The van der Waals surface area contributed by atoms with Gasteiger partial charge in [0.2, 0.25) is 0 Å². The van der Waals surface area contributed by atoms with E-state index >= 15 is 0 Å². The van der Waals surface area contributed by atoms with Crippen LogP contribution in [0.3, 0.4) is 0 Å². The van der Waals surface area contributed by atoms with Crippen LogP contribution in [-0.2, 0) is 6.42 Å². The molecule has 0 amide bonds. The van der Waals surface area contributed by atoms with Crippen LogP contribution in [0.5, 0.6) is 11.5 Å². The molecular formula is C13H23NO2. The van der Waals surface area contributed by atoms with Gasteiger partial charge in [0.05, 0.1) is 14.2 Å². The molecule has 16 heavy (non-hydrogen) atoms. The Morgan fingerprint density at radius 3 is 2.00 bits per heavy atom. The van der Waals surface area contributed by atoms with Gasteiger partial charge in [-0.25, -0.2) is 0 Å². The lowest BCUT2D eigenvalue weighted by atomic mass is 10.0. The number of methoxy groups -OCH3 is 2. The molecule has 0 saturated carbocycles. The van der Waals surface area contributed by atoms with E-state index in [1.54, 1.807) is 14.2 Å². The van der Waals surface area contributed by atoms with Crippen LogP contribution >= 0.6 is 0 Å². The smallest absolute Gasteiger partial charge is 0.161 e. The average molecular weight is 225 g/mol. The van der Waals surface area contributed by atoms with E-state index < -0.39 is 0 Å². The number of benzene rings is 1. The fraction of sp³-hybridized carbons (Fsp3) is 0.538. The van der Waals surface area contributed by atoms with Crippen molar-refractivity contribution in [3.8, 4) is 11.5 Å². The predicted molar refractivity (Wildman–Crippen MR) is 68.4 cm³/mol. The fourth-order valence-corrected chi connectivity index (χ4v) is 1.45. The highest BCUT2D eigenvalue weighted by Crippen LogP contribution is 2.30. The molecule has 92 valence electrons. The minimum atomic E-state index is 0.649. The lowest BCUT2D eigenvalue weighted by Crippen LogP contribution is -2.05. The Bertz CT molecular complexity index is 311. The summed E-state index contributed by atoms with van der Waals surface area (Å²) < 4.78 is 10.4. The molecule has 1 aromatic rings. The van der Waals surface area contributed by atoms with E-state index in [4.69, 9.17) is 15.2 Å². The molecule has 0 radical (unpaired) electrons. The van der Waals surface area contributed by atoms with Crippen LogP contribution in [0.1, 0.15) is 25.0 Å². The first kappa shape index (κ1) is 14.8. The molecule has 0 bridgehead atoms. The van der Waals surface area contributed by atoms with E-state index in [9.17, 15) is 0 Å². The summed E-state index contributed by atoms with van der Waals surface area (Å²) in [6, 6.07) is 3.96. The summed E-state index contributed by atoms with van der Waals surface area (Å²) in [7, 11) is 3.28. The fourth-order valence-electron chi connectivity index (χ4n) is 1.45. The van der Waals surface area contributed by atoms with Gasteiger partial charge in [0, 0.05) is 0 Å². The third kappa shape index (κ3) is 3.74. The Labute approximate surface area is 98.6 Å². The molecule has 0 aliphatic carbocycles. The predicted octanol–water partition coefficient (Wildman–Crippen LogP) is 2.54. The van der Waals surface area contributed by atoms with Crippen LogP contribution in [0.2, 0.25) is 0 Å². The van der Waals surface area contributed by atoms with Crippen molar-refractivity contribution in [3.63, 3.8) is 0 Å². The minimum Gasteiger partial charge on any atom is -0.493 e. The highest BCUT2D eigenvalue weighted by atomic mass is 16.5. The number of nitrogens with two attached hydrogens (primary N) is 1. The molecule has 1 rings (SSSR count). The van der Waals surface area contributed by atoms with Crippen LogP contribution in [0.15, 0.2) is 12.1 Å². The first-order valence-electron chi connectivity index (χ1n) is 5.64. The third-order valence-electron chi connectivity index (χ3n) is 2.26. The Kier molecular flexibility index (Phi) is 7.38. The maximum absolute atomic E-state index is 5.52. The van der Waals surface area contributed by atoms with Crippen LogP contribution in [0.4, 0.5) is 0 Å². The van der Waals surface area contributed by atoms with Gasteiger partial charge in [-0.3, -0.25) is 0 Å². The second-order valence-corrected chi connectivity index (χ2v) is 3.17. The van der Waals surface area contributed by atoms with E-state index in [0.717, 1.165) is 17.9 Å². The molecule has 0 aliphatic rings. The Hall–Kier alpha value is -1.22. The molecule has 1 aromatic carbocycles. The number of ether oxygens (including phenoxy) is 2. The van der Waals surface area contributed by atoms with Gasteiger partial charge in [-0.1, -0.05) is 13.8 Å². The Balaban J connectivity index is 0.00000106. The van der Waals surface area contributed by atoms with Crippen LogP contribution < -0.4 is 15.2 Å². The standard InChI is InChI=1S/C11H17NO2.C2H6/c1-8-6-10(13-2)11(14-3)7-9(8)4-5-12;1-2/h6-7H,4-5,12H2,1-3H3;1-2H3. The van der Waals surface area contributed by atoms with Gasteiger partial charge in [0.1, 0.15) is 0 Å². The van der Waals surface area contributed by atoms with Crippen molar-refractivity contribution in [2.45, 2.75) is 27.2 Å². The SMILES string of the molecule is CC.COc1cc(C)c(CCN)cc1OC. The van der Waals surface area contributed by atoms with E-state index in [2.05, 4.69) is 0 Å². The topological polar surface area (TPSA) is 44.5 Å². The lowest BCUT2D eigenvalue weighted by molar-refractivity contribution is 0.354. The van der Waals surface area contributed by atoms with Crippen molar-refractivity contribution in [1.82, 2.24) is 0 Å². The molecule has 0 unspecified atom stereocenters. The largest absolute Gasteiger partial charge is 0.493 e. The number of hydrogen-bond donors (Lipinski definition) is 1. The molecule has 0 aromatic heterocycles. The lowest BCUT2D eigenvalue weighted by Gasteiger charge is -2.11. The van der Waals surface area contributed by atoms with Gasteiger partial charge < -0.3 is 15.2 Å². The highest BCUT2D eigenvalue weighted by molar-refractivity contribution is 5.47. The number of rotatable bonds is 4. The maximum atomic E-state index is 5.52. The summed E-state index contributed by atoms with van der Waals surface area (Å²) in [6.45, 7) is 6.70. The Morgan fingerprint density at radius 1 is 1.06 bits per heavy atom. The summed E-state index contributed by atoms with van der Waals surface area (Å²) >= 11 is 0. The maximum Gasteiger partial charge on any atom is 0.161 e. The molecule has 3 heteroatoms. The van der Waals surface area contributed by atoms with Gasteiger partial charge in [-0.05, 0) is 43.1 Å². The summed E-state index contributed by atoms with van der Waals surface area (Å²) in [6.07, 6.45) is 0.867. The van der Waals surface area contributed by atoms with Crippen molar-refractivity contribution in [2.24, 2.45) is 5.73 Å². The minimum absolute atomic E-state index is 0.649.